The fourth-order valence-electron chi connectivity index (χ4n) is 3.31. The monoisotopic (exact) mass is 291 g/mol. The van der Waals surface area contributed by atoms with Crippen LogP contribution in [-0.4, -0.2) is 42.4 Å². The first kappa shape index (κ1) is 14.7. The van der Waals surface area contributed by atoms with Gasteiger partial charge < -0.3 is 19.5 Å². The van der Waals surface area contributed by atoms with E-state index in [4.69, 9.17) is 9.47 Å². The molecule has 3 atom stereocenters. The van der Waals surface area contributed by atoms with Gasteiger partial charge in [0.05, 0.1) is 6.10 Å². The Morgan fingerprint density at radius 3 is 2.76 bits per heavy atom. The molecule has 3 rings (SSSR count). The minimum atomic E-state index is -0.464. The fraction of sp³-hybridized carbons (Fsp3) is 0.647. The Balaban J connectivity index is 1.67. The van der Waals surface area contributed by atoms with Crippen molar-refractivity contribution >= 4 is 0 Å². The van der Waals surface area contributed by atoms with E-state index >= 15 is 0 Å². The van der Waals surface area contributed by atoms with E-state index in [0.29, 0.717) is 19.3 Å². The second-order valence-corrected chi connectivity index (χ2v) is 6.31. The van der Waals surface area contributed by atoms with Crippen molar-refractivity contribution in [1.82, 2.24) is 4.90 Å². The zero-order valence-electron chi connectivity index (χ0n) is 12.9. The fourth-order valence-corrected chi connectivity index (χ4v) is 3.31. The minimum absolute atomic E-state index is 0.202. The zero-order valence-corrected chi connectivity index (χ0v) is 12.9. The van der Waals surface area contributed by atoms with Crippen LogP contribution in [0.25, 0.3) is 0 Å². The minimum Gasteiger partial charge on any atom is -0.486 e. The van der Waals surface area contributed by atoms with E-state index in [2.05, 4.69) is 18.7 Å². The first-order chi connectivity index (χ1) is 10.1. The Hall–Kier alpha value is -1.26. The Labute approximate surface area is 126 Å². The third-order valence-corrected chi connectivity index (χ3v) is 4.66. The molecule has 1 aromatic carbocycles. The summed E-state index contributed by atoms with van der Waals surface area (Å²) in [7, 11) is 0. The SMILES string of the molecule is C[C@H](CN1CCC[C@H]1C)[C@H](O)c1ccc2c(c1)OCCO2. The van der Waals surface area contributed by atoms with Crippen molar-refractivity contribution in [2.45, 2.75) is 38.8 Å². The number of ether oxygens (including phenoxy) is 2. The Kier molecular flexibility index (Phi) is 4.36. The Bertz CT molecular complexity index is 491. The number of hydrogen-bond acceptors (Lipinski definition) is 4. The van der Waals surface area contributed by atoms with Crippen molar-refractivity contribution in [3.8, 4) is 11.5 Å². The van der Waals surface area contributed by atoms with Crippen LogP contribution >= 0.6 is 0 Å². The number of aliphatic hydroxyl groups is 1. The van der Waals surface area contributed by atoms with Crippen molar-refractivity contribution in [3.63, 3.8) is 0 Å². The molecule has 2 heterocycles. The summed E-state index contributed by atoms with van der Waals surface area (Å²) in [6, 6.07) is 6.41. The van der Waals surface area contributed by atoms with Crippen molar-refractivity contribution in [1.29, 1.82) is 0 Å². The van der Waals surface area contributed by atoms with Gasteiger partial charge in [-0.3, -0.25) is 0 Å². The second kappa shape index (κ2) is 6.24. The summed E-state index contributed by atoms with van der Waals surface area (Å²) in [6.07, 6.45) is 2.08. The van der Waals surface area contributed by atoms with Gasteiger partial charge in [0.15, 0.2) is 11.5 Å². The molecule has 0 bridgehead atoms. The lowest BCUT2D eigenvalue weighted by molar-refractivity contribution is 0.0857. The lowest BCUT2D eigenvalue weighted by Crippen LogP contribution is -2.33. The summed E-state index contributed by atoms with van der Waals surface area (Å²) >= 11 is 0. The Morgan fingerprint density at radius 2 is 2.05 bits per heavy atom. The van der Waals surface area contributed by atoms with Gasteiger partial charge in [0, 0.05) is 12.6 Å². The first-order valence-electron chi connectivity index (χ1n) is 7.97. The standard InChI is InChI=1S/C17H25NO3/c1-12(11-18-7-3-4-13(18)2)17(19)14-5-6-15-16(10-14)21-9-8-20-15/h5-6,10,12-13,17,19H,3-4,7-9,11H2,1-2H3/t12-,13-,17+/m1/s1. The van der Waals surface area contributed by atoms with Gasteiger partial charge in [-0.05, 0) is 49.9 Å². The Morgan fingerprint density at radius 1 is 1.29 bits per heavy atom. The molecule has 0 radical (unpaired) electrons. The summed E-state index contributed by atoms with van der Waals surface area (Å²) in [5.74, 6) is 1.73. The predicted molar refractivity (Wildman–Crippen MR) is 81.8 cm³/mol. The van der Waals surface area contributed by atoms with E-state index in [1.807, 2.05) is 18.2 Å². The lowest BCUT2D eigenvalue weighted by Gasteiger charge is -2.28. The molecule has 0 aliphatic carbocycles. The molecule has 2 aliphatic heterocycles. The highest BCUT2D eigenvalue weighted by atomic mass is 16.6. The molecule has 4 heteroatoms. The summed E-state index contributed by atoms with van der Waals surface area (Å²) in [4.78, 5) is 2.48. The van der Waals surface area contributed by atoms with E-state index in [1.54, 1.807) is 0 Å². The molecule has 0 saturated carbocycles. The number of likely N-dealkylation sites (tertiary alicyclic amines) is 1. The van der Waals surface area contributed by atoms with Crippen molar-refractivity contribution < 1.29 is 14.6 Å². The molecule has 1 N–H and O–H groups in total. The highest BCUT2D eigenvalue weighted by molar-refractivity contribution is 5.44. The summed E-state index contributed by atoms with van der Waals surface area (Å²) < 4.78 is 11.1. The van der Waals surface area contributed by atoms with E-state index in [1.165, 1.54) is 12.8 Å². The number of rotatable bonds is 4. The molecule has 0 spiro atoms. The van der Waals surface area contributed by atoms with Gasteiger partial charge in [-0.1, -0.05) is 13.0 Å². The second-order valence-electron chi connectivity index (χ2n) is 6.31. The molecule has 0 aromatic heterocycles. The maximum Gasteiger partial charge on any atom is 0.161 e. The van der Waals surface area contributed by atoms with E-state index in [9.17, 15) is 5.11 Å². The van der Waals surface area contributed by atoms with E-state index in [-0.39, 0.29) is 5.92 Å². The molecule has 2 aliphatic rings. The molecule has 0 unspecified atom stereocenters. The van der Waals surface area contributed by atoms with Crippen molar-refractivity contribution in [3.05, 3.63) is 23.8 Å². The largest absolute Gasteiger partial charge is 0.486 e. The molecule has 1 aromatic rings. The molecule has 4 nitrogen and oxygen atoms in total. The van der Waals surface area contributed by atoms with Crippen LogP contribution in [0.1, 0.15) is 38.4 Å². The molecule has 0 amide bonds. The molecular formula is C17H25NO3. The van der Waals surface area contributed by atoms with Crippen LogP contribution < -0.4 is 9.47 Å². The van der Waals surface area contributed by atoms with Crippen LogP contribution in [-0.2, 0) is 0 Å². The van der Waals surface area contributed by atoms with Gasteiger partial charge in [-0.25, -0.2) is 0 Å². The van der Waals surface area contributed by atoms with Crippen molar-refractivity contribution in [2.75, 3.05) is 26.3 Å². The van der Waals surface area contributed by atoms with Crippen LogP contribution in [0, 0.1) is 5.92 Å². The van der Waals surface area contributed by atoms with Crippen LogP contribution in [0.15, 0.2) is 18.2 Å². The number of hydrogen-bond donors (Lipinski definition) is 1. The quantitative estimate of drug-likeness (QED) is 0.926. The first-order valence-corrected chi connectivity index (χ1v) is 7.97. The van der Waals surface area contributed by atoms with E-state index in [0.717, 1.165) is 30.2 Å². The molecule has 116 valence electrons. The average Bonchev–Trinajstić information content (AvgIpc) is 2.91. The number of fused-ring (bicyclic) bond motifs is 1. The van der Waals surface area contributed by atoms with E-state index < -0.39 is 6.10 Å². The molecular weight excluding hydrogens is 266 g/mol. The molecule has 1 saturated heterocycles. The van der Waals surface area contributed by atoms with Crippen molar-refractivity contribution in [2.24, 2.45) is 5.92 Å². The highest BCUT2D eigenvalue weighted by Crippen LogP contribution is 2.34. The summed E-state index contributed by atoms with van der Waals surface area (Å²) in [6.45, 7) is 7.66. The van der Waals surface area contributed by atoms with Gasteiger partial charge in [-0.2, -0.15) is 0 Å². The maximum absolute atomic E-state index is 10.6. The third kappa shape index (κ3) is 3.16. The van der Waals surface area contributed by atoms with Crippen LogP contribution in [0.5, 0.6) is 11.5 Å². The normalized spacial score (nSPS) is 24.8. The average molecular weight is 291 g/mol. The van der Waals surface area contributed by atoms with Gasteiger partial charge in [0.2, 0.25) is 0 Å². The number of nitrogens with zero attached hydrogens (tertiary/aromatic N) is 1. The number of benzene rings is 1. The van der Waals surface area contributed by atoms with Crippen LogP contribution in [0.3, 0.4) is 0 Å². The summed E-state index contributed by atoms with van der Waals surface area (Å²) in [5, 5.41) is 10.6. The van der Waals surface area contributed by atoms with Crippen LogP contribution in [0.4, 0.5) is 0 Å². The van der Waals surface area contributed by atoms with Gasteiger partial charge in [0.1, 0.15) is 13.2 Å². The van der Waals surface area contributed by atoms with Gasteiger partial charge in [0.25, 0.3) is 0 Å². The zero-order chi connectivity index (χ0) is 14.8. The highest BCUT2D eigenvalue weighted by Gasteiger charge is 2.26. The summed E-state index contributed by atoms with van der Waals surface area (Å²) in [5.41, 5.74) is 0.915. The predicted octanol–water partition coefficient (Wildman–Crippen LogP) is 2.61. The van der Waals surface area contributed by atoms with Gasteiger partial charge >= 0.3 is 0 Å². The third-order valence-electron chi connectivity index (χ3n) is 4.66. The van der Waals surface area contributed by atoms with Gasteiger partial charge in [-0.15, -0.1) is 0 Å². The smallest absolute Gasteiger partial charge is 0.161 e. The molecule has 21 heavy (non-hydrogen) atoms. The number of aliphatic hydroxyl groups excluding tert-OH is 1. The topological polar surface area (TPSA) is 41.9 Å². The molecule has 1 fully saturated rings. The maximum atomic E-state index is 10.6. The lowest BCUT2D eigenvalue weighted by atomic mass is 9.96. The van der Waals surface area contributed by atoms with Crippen LogP contribution in [0.2, 0.25) is 0 Å².